The Hall–Kier alpha value is -2.10. The molecule has 11 heteroatoms. The highest BCUT2D eigenvalue weighted by Crippen LogP contribution is 2.42. The number of ether oxygens (including phenoxy) is 2. The second-order valence-electron chi connectivity index (χ2n) is 9.37. The second kappa shape index (κ2) is 11.6. The van der Waals surface area contributed by atoms with Crippen molar-refractivity contribution in [3.05, 3.63) is 93.8 Å². The molecule has 0 unspecified atom stereocenters. The molecule has 0 fully saturated rings. The Morgan fingerprint density at radius 3 is 2.45 bits per heavy atom. The summed E-state index contributed by atoms with van der Waals surface area (Å²) in [5.41, 5.74) is 1.25. The summed E-state index contributed by atoms with van der Waals surface area (Å²) in [6, 6.07) is 12.3. The standard InChI is InChI=1S/C27H22Br2Cl3N3O3/c1-27(2,3)26-34-20-8-6-16(28)11-17(20)25(36)35(26)33-12-15-10-21(37-4)24(23(32)22(15)29)38-13-14-5-7-18(30)19(31)9-14/h5-12H,13H2,1-4H3. The van der Waals surface area contributed by atoms with Crippen LogP contribution in [0.5, 0.6) is 11.5 Å². The maximum atomic E-state index is 13.5. The molecule has 198 valence electrons. The Balaban J connectivity index is 1.75. The van der Waals surface area contributed by atoms with Crippen LogP contribution in [0.4, 0.5) is 0 Å². The van der Waals surface area contributed by atoms with E-state index in [1.807, 2.05) is 39.0 Å². The van der Waals surface area contributed by atoms with Crippen molar-refractivity contribution in [3.8, 4) is 11.5 Å². The number of benzene rings is 3. The Morgan fingerprint density at radius 2 is 1.79 bits per heavy atom. The Kier molecular flexibility index (Phi) is 8.79. The summed E-state index contributed by atoms with van der Waals surface area (Å²) in [6.45, 7) is 6.11. The van der Waals surface area contributed by atoms with Crippen LogP contribution in [0, 0.1) is 0 Å². The molecule has 0 N–H and O–H groups in total. The summed E-state index contributed by atoms with van der Waals surface area (Å²) in [4.78, 5) is 18.2. The van der Waals surface area contributed by atoms with Crippen LogP contribution >= 0.6 is 66.7 Å². The Morgan fingerprint density at radius 1 is 1.05 bits per heavy atom. The molecule has 0 radical (unpaired) electrons. The molecule has 0 saturated carbocycles. The predicted octanol–water partition coefficient (Wildman–Crippen LogP) is 8.65. The van der Waals surface area contributed by atoms with Crippen molar-refractivity contribution in [2.75, 3.05) is 7.11 Å². The van der Waals surface area contributed by atoms with E-state index in [0.29, 0.717) is 48.3 Å². The predicted molar refractivity (Wildman–Crippen MR) is 162 cm³/mol. The fourth-order valence-electron chi connectivity index (χ4n) is 3.63. The van der Waals surface area contributed by atoms with Crippen LogP contribution in [-0.4, -0.2) is 23.0 Å². The molecule has 0 spiro atoms. The summed E-state index contributed by atoms with van der Waals surface area (Å²) in [5, 5.41) is 6.15. The molecule has 4 rings (SSSR count). The molecule has 38 heavy (non-hydrogen) atoms. The van der Waals surface area contributed by atoms with Gasteiger partial charge >= 0.3 is 0 Å². The summed E-state index contributed by atoms with van der Waals surface area (Å²) in [7, 11) is 1.51. The van der Waals surface area contributed by atoms with Crippen LogP contribution in [0.2, 0.25) is 15.1 Å². The maximum absolute atomic E-state index is 13.5. The number of aromatic nitrogens is 2. The van der Waals surface area contributed by atoms with Crippen LogP contribution in [0.1, 0.15) is 37.7 Å². The average molecular weight is 703 g/mol. The van der Waals surface area contributed by atoms with Crippen molar-refractivity contribution >= 4 is 83.8 Å². The molecule has 3 aromatic carbocycles. The number of nitrogens with zero attached hydrogens (tertiary/aromatic N) is 3. The highest BCUT2D eigenvalue weighted by molar-refractivity contribution is 9.10. The quantitative estimate of drug-likeness (QED) is 0.189. The zero-order valence-corrected chi connectivity index (χ0v) is 26.2. The first-order valence-corrected chi connectivity index (χ1v) is 14.0. The molecular weight excluding hydrogens is 680 g/mol. The molecule has 0 bridgehead atoms. The van der Waals surface area contributed by atoms with Crippen molar-refractivity contribution < 1.29 is 9.47 Å². The summed E-state index contributed by atoms with van der Waals surface area (Å²) >= 11 is 25.7. The van der Waals surface area contributed by atoms with Gasteiger partial charge < -0.3 is 9.47 Å². The minimum absolute atomic E-state index is 0.190. The second-order valence-corrected chi connectivity index (χ2v) is 12.3. The number of rotatable bonds is 6. The van der Waals surface area contributed by atoms with Crippen molar-refractivity contribution in [2.24, 2.45) is 5.10 Å². The zero-order chi connectivity index (χ0) is 27.8. The average Bonchev–Trinajstić information content (AvgIpc) is 2.86. The van der Waals surface area contributed by atoms with Gasteiger partial charge in [0.25, 0.3) is 5.56 Å². The molecule has 1 heterocycles. The van der Waals surface area contributed by atoms with Crippen LogP contribution in [-0.2, 0) is 12.0 Å². The van der Waals surface area contributed by atoms with Gasteiger partial charge in [0.1, 0.15) is 17.5 Å². The van der Waals surface area contributed by atoms with E-state index in [0.717, 1.165) is 10.0 Å². The molecule has 6 nitrogen and oxygen atoms in total. The molecule has 0 saturated heterocycles. The molecule has 0 aliphatic heterocycles. The first kappa shape index (κ1) is 28.9. The SMILES string of the molecule is COc1cc(C=Nn2c(C(C)(C)C)nc3ccc(Br)cc3c2=O)c(Br)c(Cl)c1OCc1ccc(Cl)c(Cl)c1. The minimum atomic E-state index is -0.452. The highest BCUT2D eigenvalue weighted by atomic mass is 79.9. The largest absolute Gasteiger partial charge is 0.493 e. The van der Waals surface area contributed by atoms with Crippen LogP contribution < -0.4 is 15.0 Å². The summed E-state index contributed by atoms with van der Waals surface area (Å²) in [5.74, 6) is 1.25. The van der Waals surface area contributed by atoms with Gasteiger partial charge in [0.2, 0.25) is 0 Å². The normalized spacial score (nSPS) is 11.9. The molecule has 4 aromatic rings. The molecular formula is C27H22Br2Cl3N3O3. The highest BCUT2D eigenvalue weighted by Gasteiger charge is 2.23. The van der Waals surface area contributed by atoms with Gasteiger partial charge in [-0.25, -0.2) is 4.98 Å². The van der Waals surface area contributed by atoms with Gasteiger partial charge in [0.15, 0.2) is 11.5 Å². The van der Waals surface area contributed by atoms with Crippen LogP contribution in [0.25, 0.3) is 10.9 Å². The van der Waals surface area contributed by atoms with E-state index < -0.39 is 5.41 Å². The van der Waals surface area contributed by atoms with Crippen LogP contribution in [0.3, 0.4) is 0 Å². The topological polar surface area (TPSA) is 65.7 Å². The fraction of sp³-hybridized carbons (Fsp3) is 0.222. The van der Waals surface area contributed by atoms with E-state index >= 15 is 0 Å². The van der Waals surface area contributed by atoms with Gasteiger partial charge in [-0.05, 0) is 57.9 Å². The van der Waals surface area contributed by atoms with Crippen molar-refractivity contribution in [1.82, 2.24) is 9.66 Å². The lowest BCUT2D eigenvalue weighted by Crippen LogP contribution is -2.29. The lowest BCUT2D eigenvalue weighted by Gasteiger charge is -2.21. The first-order valence-electron chi connectivity index (χ1n) is 11.3. The molecule has 0 atom stereocenters. The van der Waals surface area contributed by atoms with E-state index in [9.17, 15) is 4.79 Å². The van der Waals surface area contributed by atoms with E-state index in [4.69, 9.17) is 49.3 Å². The van der Waals surface area contributed by atoms with Gasteiger partial charge in [0.05, 0.1) is 34.3 Å². The van der Waals surface area contributed by atoms with Crippen molar-refractivity contribution in [2.45, 2.75) is 32.8 Å². The summed E-state index contributed by atoms with van der Waals surface area (Å²) < 4.78 is 14.1. The van der Waals surface area contributed by atoms with E-state index in [-0.39, 0.29) is 17.2 Å². The lowest BCUT2D eigenvalue weighted by molar-refractivity contribution is 0.284. The molecule has 0 aliphatic carbocycles. The van der Waals surface area contributed by atoms with Crippen LogP contribution in [0.15, 0.2) is 61.3 Å². The van der Waals surface area contributed by atoms with Gasteiger partial charge in [-0.15, -0.1) is 0 Å². The minimum Gasteiger partial charge on any atom is -0.493 e. The third-order valence-corrected chi connectivity index (χ3v) is 8.21. The van der Waals surface area contributed by atoms with Crippen molar-refractivity contribution in [1.29, 1.82) is 0 Å². The summed E-state index contributed by atoms with van der Waals surface area (Å²) in [6.07, 6.45) is 1.53. The number of fused-ring (bicyclic) bond motifs is 1. The van der Waals surface area contributed by atoms with Gasteiger partial charge in [-0.2, -0.15) is 9.78 Å². The fourth-order valence-corrected chi connectivity index (χ4v) is 4.97. The molecule has 0 aliphatic rings. The van der Waals surface area contributed by atoms with Crippen molar-refractivity contribution in [3.63, 3.8) is 0 Å². The number of halogens is 5. The third kappa shape index (κ3) is 6.05. The number of methoxy groups -OCH3 is 1. The number of hydrogen-bond acceptors (Lipinski definition) is 5. The molecule has 0 amide bonds. The van der Waals surface area contributed by atoms with Gasteiger partial charge in [-0.3, -0.25) is 4.79 Å². The maximum Gasteiger partial charge on any atom is 0.282 e. The van der Waals surface area contributed by atoms with E-state index in [2.05, 4.69) is 37.0 Å². The van der Waals surface area contributed by atoms with E-state index in [1.165, 1.54) is 18.0 Å². The Bertz CT molecular complexity index is 1630. The molecule has 1 aromatic heterocycles. The third-order valence-electron chi connectivity index (χ3n) is 5.53. The Labute approximate surface area is 251 Å². The first-order chi connectivity index (χ1) is 17.9. The lowest BCUT2D eigenvalue weighted by atomic mass is 9.95. The van der Waals surface area contributed by atoms with Gasteiger partial charge in [-0.1, -0.05) is 77.6 Å². The smallest absolute Gasteiger partial charge is 0.282 e. The van der Waals surface area contributed by atoms with Gasteiger partial charge in [0, 0.05) is 19.9 Å². The van der Waals surface area contributed by atoms with E-state index in [1.54, 1.807) is 24.3 Å². The number of hydrogen-bond donors (Lipinski definition) is 0. The monoisotopic (exact) mass is 699 g/mol. The zero-order valence-electron chi connectivity index (χ0n) is 20.8.